The van der Waals surface area contributed by atoms with Gasteiger partial charge in [-0.25, -0.2) is 9.37 Å². The largest absolute Gasteiger partial charge is 0.347 e. The molecule has 3 heterocycles. The van der Waals surface area contributed by atoms with E-state index in [0.29, 0.717) is 11.3 Å². The average molecular weight is 473 g/mol. The van der Waals surface area contributed by atoms with Crippen LogP contribution in [0.5, 0.6) is 0 Å². The summed E-state index contributed by atoms with van der Waals surface area (Å²) >= 11 is 4.97. The Hall–Kier alpha value is -2.55. The SMILES string of the molecule is NC[C@@H](Cc1cccc(F)c1)NC(=O)c1cc(Br)c(-c2ccnc3[nH]ccc23)s1. The van der Waals surface area contributed by atoms with E-state index in [0.717, 1.165) is 31.5 Å². The van der Waals surface area contributed by atoms with E-state index in [-0.39, 0.29) is 24.3 Å². The van der Waals surface area contributed by atoms with Crippen molar-refractivity contribution in [2.24, 2.45) is 5.73 Å². The molecule has 0 unspecified atom stereocenters. The summed E-state index contributed by atoms with van der Waals surface area (Å²) in [7, 11) is 0. The van der Waals surface area contributed by atoms with E-state index in [4.69, 9.17) is 5.73 Å². The first-order valence-corrected chi connectivity index (χ1v) is 10.6. The molecular formula is C21H18BrFN4OS. The lowest BCUT2D eigenvalue weighted by Gasteiger charge is -2.16. The van der Waals surface area contributed by atoms with Crippen molar-refractivity contribution in [1.82, 2.24) is 15.3 Å². The molecule has 0 bridgehead atoms. The summed E-state index contributed by atoms with van der Waals surface area (Å²) in [4.78, 5) is 21.7. The average Bonchev–Trinajstić information content (AvgIpc) is 3.34. The minimum atomic E-state index is -0.301. The van der Waals surface area contributed by atoms with Gasteiger partial charge >= 0.3 is 0 Å². The molecular weight excluding hydrogens is 455 g/mol. The molecule has 29 heavy (non-hydrogen) atoms. The fraction of sp³-hybridized carbons (Fsp3) is 0.143. The Morgan fingerprint density at radius 1 is 1.31 bits per heavy atom. The summed E-state index contributed by atoms with van der Waals surface area (Å²) in [6.07, 6.45) is 4.05. The standard InChI is InChI=1S/C21H18BrFN4OS/c22-17-10-18(29-19(17)15-4-6-25-20-16(15)5-7-26-20)21(28)27-14(11-24)9-12-2-1-3-13(23)8-12/h1-8,10,14H,9,11,24H2,(H,25,26)(H,27,28)/t14-/m1/s1. The van der Waals surface area contributed by atoms with Crippen LogP contribution in [0.4, 0.5) is 4.39 Å². The predicted octanol–water partition coefficient (Wildman–Crippen LogP) is 4.49. The highest BCUT2D eigenvalue weighted by Gasteiger charge is 2.19. The van der Waals surface area contributed by atoms with E-state index in [1.807, 2.05) is 30.5 Å². The Bertz CT molecular complexity index is 1170. The first-order valence-electron chi connectivity index (χ1n) is 9.02. The molecule has 0 radical (unpaired) electrons. The summed E-state index contributed by atoms with van der Waals surface area (Å²) in [6, 6.07) is 11.7. The number of benzene rings is 1. The highest BCUT2D eigenvalue weighted by molar-refractivity contribution is 9.10. The number of halogens is 2. The zero-order chi connectivity index (χ0) is 20.4. The summed E-state index contributed by atoms with van der Waals surface area (Å²) in [6.45, 7) is 0.260. The normalized spacial score (nSPS) is 12.2. The van der Waals surface area contributed by atoms with E-state index < -0.39 is 0 Å². The molecule has 4 N–H and O–H groups in total. The number of aromatic amines is 1. The minimum Gasteiger partial charge on any atom is -0.347 e. The quantitative estimate of drug-likeness (QED) is 0.386. The summed E-state index contributed by atoms with van der Waals surface area (Å²) in [5.41, 5.74) is 8.43. The van der Waals surface area contributed by atoms with Gasteiger partial charge in [0.25, 0.3) is 5.91 Å². The van der Waals surface area contributed by atoms with Crippen molar-refractivity contribution in [2.75, 3.05) is 6.54 Å². The van der Waals surface area contributed by atoms with Crippen molar-refractivity contribution < 1.29 is 9.18 Å². The molecule has 4 rings (SSSR count). The Balaban J connectivity index is 1.55. The molecule has 0 spiro atoms. The fourth-order valence-corrected chi connectivity index (χ4v) is 5.05. The van der Waals surface area contributed by atoms with Crippen LogP contribution in [0.1, 0.15) is 15.2 Å². The molecule has 0 fully saturated rings. The number of hydrogen-bond donors (Lipinski definition) is 3. The van der Waals surface area contributed by atoms with Gasteiger partial charge in [0, 0.05) is 40.4 Å². The van der Waals surface area contributed by atoms with Gasteiger partial charge in [-0.1, -0.05) is 12.1 Å². The topological polar surface area (TPSA) is 83.8 Å². The molecule has 5 nitrogen and oxygen atoms in total. The summed E-state index contributed by atoms with van der Waals surface area (Å²) in [5, 5.41) is 3.95. The van der Waals surface area contributed by atoms with Gasteiger partial charge in [-0.2, -0.15) is 0 Å². The Morgan fingerprint density at radius 3 is 2.97 bits per heavy atom. The van der Waals surface area contributed by atoms with Gasteiger partial charge in [-0.3, -0.25) is 4.79 Å². The van der Waals surface area contributed by atoms with Crippen molar-refractivity contribution >= 4 is 44.2 Å². The third-order valence-corrected chi connectivity index (χ3v) is 6.66. The monoisotopic (exact) mass is 472 g/mol. The van der Waals surface area contributed by atoms with Gasteiger partial charge in [0.05, 0.1) is 9.75 Å². The van der Waals surface area contributed by atoms with Crippen LogP contribution in [0.25, 0.3) is 21.5 Å². The molecule has 8 heteroatoms. The van der Waals surface area contributed by atoms with Gasteiger partial charge < -0.3 is 16.0 Å². The lowest BCUT2D eigenvalue weighted by atomic mass is 10.1. The molecule has 0 aliphatic rings. The molecule has 148 valence electrons. The molecule has 1 atom stereocenters. The number of nitrogens with one attached hydrogen (secondary N) is 2. The number of thiophene rings is 1. The van der Waals surface area contributed by atoms with Crippen LogP contribution in [-0.4, -0.2) is 28.5 Å². The number of fused-ring (bicyclic) bond motifs is 1. The number of hydrogen-bond acceptors (Lipinski definition) is 4. The van der Waals surface area contributed by atoms with E-state index in [9.17, 15) is 9.18 Å². The van der Waals surface area contributed by atoms with E-state index in [1.54, 1.807) is 12.3 Å². The van der Waals surface area contributed by atoms with Crippen molar-refractivity contribution in [3.05, 3.63) is 75.6 Å². The second-order valence-electron chi connectivity index (χ2n) is 6.63. The summed E-state index contributed by atoms with van der Waals surface area (Å²) in [5.74, 6) is -0.502. The number of carbonyl (C=O) groups is 1. The third-order valence-electron chi connectivity index (χ3n) is 4.61. The molecule has 4 aromatic rings. The third kappa shape index (κ3) is 4.24. The van der Waals surface area contributed by atoms with Crippen molar-refractivity contribution in [3.63, 3.8) is 0 Å². The number of amides is 1. The van der Waals surface area contributed by atoms with Gasteiger partial charge in [0.1, 0.15) is 11.5 Å². The minimum absolute atomic E-state index is 0.201. The molecule has 0 aliphatic heterocycles. The number of aromatic nitrogens is 2. The van der Waals surface area contributed by atoms with Crippen molar-refractivity contribution in [3.8, 4) is 10.4 Å². The fourth-order valence-electron chi connectivity index (χ4n) is 3.22. The Morgan fingerprint density at radius 2 is 2.17 bits per heavy atom. The van der Waals surface area contributed by atoms with Crippen LogP contribution in [0.15, 0.2) is 59.3 Å². The first-order chi connectivity index (χ1) is 14.0. The molecule has 3 aromatic heterocycles. The maximum absolute atomic E-state index is 13.4. The molecule has 1 amide bonds. The van der Waals surface area contributed by atoms with Gasteiger partial charge in [0.2, 0.25) is 0 Å². The van der Waals surface area contributed by atoms with Crippen LogP contribution < -0.4 is 11.1 Å². The number of pyridine rings is 1. The number of nitrogens with zero attached hydrogens (tertiary/aromatic N) is 1. The van der Waals surface area contributed by atoms with Crippen molar-refractivity contribution in [1.29, 1.82) is 0 Å². The second-order valence-corrected chi connectivity index (χ2v) is 8.53. The molecule has 1 aromatic carbocycles. The zero-order valence-electron chi connectivity index (χ0n) is 15.3. The first kappa shape index (κ1) is 19.8. The van der Waals surface area contributed by atoms with Crippen LogP contribution in [0.3, 0.4) is 0 Å². The summed E-state index contributed by atoms with van der Waals surface area (Å²) < 4.78 is 14.3. The van der Waals surface area contributed by atoms with Gasteiger partial charge in [-0.15, -0.1) is 11.3 Å². The van der Waals surface area contributed by atoms with Crippen LogP contribution in [0.2, 0.25) is 0 Å². The number of rotatable bonds is 6. The number of nitrogens with two attached hydrogens (primary N) is 1. The van der Waals surface area contributed by atoms with Crippen LogP contribution in [-0.2, 0) is 6.42 Å². The maximum atomic E-state index is 13.4. The molecule has 0 saturated carbocycles. The molecule has 0 saturated heterocycles. The Labute approximate surface area is 179 Å². The van der Waals surface area contributed by atoms with Crippen molar-refractivity contribution in [2.45, 2.75) is 12.5 Å². The number of H-pyrrole nitrogens is 1. The smallest absolute Gasteiger partial charge is 0.261 e. The van der Waals surface area contributed by atoms with Gasteiger partial charge in [-0.05, 0) is 58.2 Å². The van der Waals surface area contributed by atoms with E-state index in [2.05, 4.69) is 31.2 Å². The second kappa shape index (κ2) is 8.44. The number of carbonyl (C=O) groups excluding carboxylic acids is 1. The highest BCUT2D eigenvalue weighted by atomic mass is 79.9. The van der Waals surface area contributed by atoms with Crippen LogP contribution in [0, 0.1) is 5.82 Å². The van der Waals surface area contributed by atoms with Crippen LogP contribution >= 0.6 is 27.3 Å². The maximum Gasteiger partial charge on any atom is 0.261 e. The highest BCUT2D eigenvalue weighted by Crippen LogP contribution is 2.39. The van der Waals surface area contributed by atoms with Gasteiger partial charge in [0.15, 0.2) is 0 Å². The lowest BCUT2D eigenvalue weighted by Crippen LogP contribution is -2.41. The van der Waals surface area contributed by atoms with E-state index in [1.165, 1.54) is 23.5 Å². The lowest BCUT2D eigenvalue weighted by molar-refractivity contribution is 0.0942. The predicted molar refractivity (Wildman–Crippen MR) is 118 cm³/mol. The Kier molecular flexibility index (Phi) is 5.75. The van der Waals surface area contributed by atoms with E-state index >= 15 is 0 Å². The zero-order valence-corrected chi connectivity index (χ0v) is 17.7. The molecule has 0 aliphatic carbocycles.